The number of aryl methyl sites for hydroxylation is 1. The second-order valence-electron chi connectivity index (χ2n) is 3.99. The zero-order valence-corrected chi connectivity index (χ0v) is 9.27. The highest BCUT2D eigenvalue weighted by Crippen LogP contribution is 2.37. The van der Waals surface area contributed by atoms with Gasteiger partial charge in [-0.1, -0.05) is 30.3 Å². The maximum Gasteiger partial charge on any atom is 0.325 e. The molecule has 1 aromatic rings. The molecule has 2 nitrogen and oxygen atoms in total. The molecule has 2 heteroatoms. The van der Waals surface area contributed by atoms with Crippen molar-refractivity contribution in [1.82, 2.24) is 0 Å². The normalized spacial score (nSPS) is 23.2. The fraction of sp³-hybridized carbons (Fsp3) is 0.214. The highest BCUT2D eigenvalue weighted by molar-refractivity contribution is 5.89. The number of carbonyl (C=O) groups excluding carboxylic acids is 1. The van der Waals surface area contributed by atoms with Crippen molar-refractivity contribution in [3.8, 4) is 0 Å². The summed E-state index contributed by atoms with van der Waals surface area (Å²) in [6, 6.07) is 7.87. The minimum Gasteiger partial charge on any atom is -0.434 e. The van der Waals surface area contributed by atoms with Crippen LogP contribution in [0.5, 0.6) is 0 Å². The van der Waals surface area contributed by atoms with E-state index in [1.165, 1.54) is 6.26 Å². The molecule has 0 aliphatic carbocycles. The summed E-state index contributed by atoms with van der Waals surface area (Å²) in [5, 5.41) is 0. The van der Waals surface area contributed by atoms with Crippen LogP contribution in [-0.2, 0) is 14.9 Å². The number of cyclic esters (lactones) is 1. The molecule has 0 bridgehead atoms. The van der Waals surface area contributed by atoms with Crippen molar-refractivity contribution >= 4 is 5.97 Å². The van der Waals surface area contributed by atoms with Crippen LogP contribution in [0.2, 0.25) is 0 Å². The van der Waals surface area contributed by atoms with E-state index in [1.807, 2.05) is 37.3 Å². The quantitative estimate of drug-likeness (QED) is 0.571. The zero-order chi connectivity index (χ0) is 11.6. The Morgan fingerprint density at radius 1 is 1.44 bits per heavy atom. The smallest absolute Gasteiger partial charge is 0.325 e. The SMILES string of the molecule is C=CCC1(c2ccccc2C)C=COC1=O. The van der Waals surface area contributed by atoms with E-state index in [4.69, 9.17) is 4.74 Å². The first-order valence-electron chi connectivity index (χ1n) is 5.26. The molecule has 0 fully saturated rings. The molecule has 1 unspecified atom stereocenters. The van der Waals surface area contributed by atoms with Crippen LogP contribution in [0.25, 0.3) is 0 Å². The summed E-state index contributed by atoms with van der Waals surface area (Å²) in [6.07, 6.45) is 5.61. The third kappa shape index (κ3) is 1.47. The fourth-order valence-corrected chi connectivity index (χ4v) is 2.15. The minimum atomic E-state index is -0.674. The van der Waals surface area contributed by atoms with Crippen LogP contribution in [0, 0.1) is 6.92 Å². The van der Waals surface area contributed by atoms with E-state index in [0.717, 1.165) is 11.1 Å². The zero-order valence-electron chi connectivity index (χ0n) is 9.27. The Morgan fingerprint density at radius 2 is 2.19 bits per heavy atom. The third-order valence-corrected chi connectivity index (χ3v) is 2.98. The number of rotatable bonds is 3. The summed E-state index contributed by atoms with van der Waals surface area (Å²) in [5.41, 5.74) is 1.41. The third-order valence-electron chi connectivity index (χ3n) is 2.98. The van der Waals surface area contributed by atoms with E-state index < -0.39 is 5.41 Å². The molecule has 1 heterocycles. The molecule has 0 aromatic heterocycles. The lowest BCUT2D eigenvalue weighted by atomic mass is 9.76. The van der Waals surface area contributed by atoms with E-state index in [1.54, 1.807) is 6.08 Å². The summed E-state index contributed by atoms with van der Waals surface area (Å²) in [6.45, 7) is 5.72. The monoisotopic (exact) mass is 214 g/mol. The average molecular weight is 214 g/mol. The minimum absolute atomic E-state index is 0.221. The van der Waals surface area contributed by atoms with Gasteiger partial charge >= 0.3 is 5.97 Å². The molecule has 1 aliphatic rings. The lowest BCUT2D eigenvalue weighted by molar-refractivity contribution is -0.140. The standard InChI is InChI=1S/C14H14O2/c1-3-8-14(9-10-16-13(14)15)12-7-5-4-6-11(12)2/h3-7,9-10H,1,8H2,2H3. The lowest BCUT2D eigenvalue weighted by Gasteiger charge is -2.24. The number of allylic oxidation sites excluding steroid dienone is 1. The summed E-state index contributed by atoms with van der Waals surface area (Å²) in [7, 11) is 0. The summed E-state index contributed by atoms with van der Waals surface area (Å²) >= 11 is 0. The van der Waals surface area contributed by atoms with Crippen LogP contribution in [0.3, 0.4) is 0 Å². The largest absolute Gasteiger partial charge is 0.434 e. The number of hydrogen-bond donors (Lipinski definition) is 0. The van der Waals surface area contributed by atoms with Gasteiger partial charge in [-0.25, -0.2) is 0 Å². The molecule has 2 rings (SSSR count). The number of carbonyl (C=O) groups is 1. The van der Waals surface area contributed by atoms with Crippen molar-refractivity contribution in [2.45, 2.75) is 18.8 Å². The first-order valence-corrected chi connectivity index (χ1v) is 5.26. The molecular weight excluding hydrogens is 200 g/mol. The summed E-state index contributed by atoms with van der Waals surface area (Å²) < 4.78 is 4.96. The Morgan fingerprint density at radius 3 is 2.75 bits per heavy atom. The Labute approximate surface area is 95.2 Å². The van der Waals surface area contributed by atoms with E-state index in [9.17, 15) is 4.79 Å². The molecule has 0 radical (unpaired) electrons. The van der Waals surface area contributed by atoms with Crippen molar-refractivity contribution < 1.29 is 9.53 Å². The number of hydrogen-bond acceptors (Lipinski definition) is 2. The van der Waals surface area contributed by atoms with E-state index >= 15 is 0 Å². The van der Waals surface area contributed by atoms with Gasteiger partial charge in [-0.2, -0.15) is 0 Å². The molecule has 0 saturated heterocycles. The van der Waals surface area contributed by atoms with Crippen molar-refractivity contribution in [2.24, 2.45) is 0 Å². The predicted molar refractivity (Wildman–Crippen MR) is 62.9 cm³/mol. The molecule has 0 saturated carbocycles. The Bertz CT molecular complexity index is 460. The molecule has 0 N–H and O–H groups in total. The van der Waals surface area contributed by atoms with Gasteiger partial charge in [0.15, 0.2) is 0 Å². The highest BCUT2D eigenvalue weighted by atomic mass is 16.5. The van der Waals surface area contributed by atoms with Crippen LogP contribution in [0.1, 0.15) is 17.5 Å². The molecule has 0 spiro atoms. The number of ether oxygens (including phenoxy) is 1. The average Bonchev–Trinajstić information content (AvgIpc) is 2.62. The van der Waals surface area contributed by atoms with Crippen LogP contribution in [-0.4, -0.2) is 5.97 Å². The topological polar surface area (TPSA) is 26.3 Å². The van der Waals surface area contributed by atoms with Crippen LogP contribution < -0.4 is 0 Å². The van der Waals surface area contributed by atoms with Gasteiger partial charge in [-0.05, 0) is 30.5 Å². The van der Waals surface area contributed by atoms with Gasteiger partial charge in [0, 0.05) is 0 Å². The number of benzene rings is 1. The fourth-order valence-electron chi connectivity index (χ4n) is 2.15. The van der Waals surface area contributed by atoms with Gasteiger partial charge in [0.2, 0.25) is 0 Å². The van der Waals surface area contributed by atoms with Gasteiger partial charge in [-0.3, -0.25) is 4.79 Å². The lowest BCUT2D eigenvalue weighted by Crippen LogP contribution is -2.31. The number of esters is 1. The van der Waals surface area contributed by atoms with Crippen molar-refractivity contribution in [2.75, 3.05) is 0 Å². The molecule has 1 aliphatic heterocycles. The van der Waals surface area contributed by atoms with E-state index in [2.05, 4.69) is 6.58 Å². The van der Waals surface area contributed by atoms with Gasteiger partial charge in [0.25, 0.3) is 0 Å². The molecular formula is C14H14O2. The molecule has 0 amide bonds. The van der Waals surface area contributed by atoms with Crippen molar-refractivity contribution in [3.63, 3.8) is 0 Å². The Hall–Kier alpha value is -1.83. The second kappa shape index (κ2) is 3.97. The van der Waals surface area contributed by atoms with Gasteiger partial charge in [0.05, 0.1) is 6.26 Å². The van der Waals surface area contributed by atoms with Gasteiger partial charge in [0.1, 0.15) is 5.41 Å². The van der Waals surface area contributed by atoms with Crippen LogP contribution >= 0.6 is 0 Å². The molecule has 1 aromatic carbocycles. The maximum atomic E-state index is 11.9. The molecule has 1 atom stereocenters. The first kappa shape index (κ1) is 10.7. The Kier molecular flexibility index (Phi) is 2.65. The molecule has 16 heavy (non-hydrogen) atoms. The van der Waals surface area contributed by atoms with Crippen LogP contribution in [0.15, 0.2) is 49.3 Å². The Balaban J connectivity index is 2.56. The highest BCUT2D eigenvalue weighted by Gasteiger charge is 2.42. The van der Waals surface area contributed by atoms with Gasteiger partial charge in [-0.15, -0.1) is 6.58 Å². The van der Waals surface area contributed by atoms with Crippen molar-refractivity contribution in [1.29, 1.82) is 0 Å². The predicted octanol–water partition coefficient (Wildman–Crippen LogP) is 2.88. The van der Waals surface area contributed by atoms with Gasteiger partial charge < -0.3 is 4.74 Å². The van der Waals surface area contributed by atoms with Crippen molar-refractivity contribution in [3.05, 3.63) is 60.4 Å². The maximum absolute atomic E-state index is 11.9. The summed E-state index contributed by atoms with van der Waals surface area (Å²) in [5.74, 6) is -0.221. The second-order valence-corrected chi connectivity index (χ2v) is 3.99. The van der Waals surface area contributed by atoms with Crippen LogP contribution in [0.4, 0.5) is 0 Å². The molecule has 82 valence electrons. The van der Waals surface area contributed by atoms with E-state index in [-0.39, 0.29) is 5.97 Å². The summed E-state index contributed by atoms with van der Waals surface area (Å²) in [4.78, 5) is 11.9. The first-order chi connectivity index (χ1) is 7.70. The van der Waals surface area contributed by atoms with E-state index in [0.29, 0.717) is 6.42 Å².